The van der Waals surface area contributed by atoms with Crippen molar-refractivity contribution >= 4 is 29.7 Å². The van der Waals surface area contributed by atoms with Crippen molar-refractivity contribution in [1.29, 1.82) is 0 Å². The highest BCUT2D eigenvalue weighted by molar-refractivity contribution is 5.97. The number of anilines is 4. The zero-order valence-electron chi connectivity index (χ0n) is 45.2. The van der Waals surface area contributed by atoms with E-state index in [9.17, 15) is 4.79 Å². The first-order valence-electron chi connectivity index (χ1n) is 26.8. The number of pyridine rings is 1. The van der Waals surface area contributed by atoms with Crippen molar-refractivity contribution in [2.45, 2.75) is 31.8 Å². The summed E-state index contributed by atoms with van der Waals surface area (Å²) in [6, 6.07) is 63.8. The Morgan fingerprint density at radius 3 is 1.31 bits per heavy atom. The summed E-state index contributed by atoms with van der Waals surface area (Å²) in [5, 5.41) is 3.47. The van der Waals surface area contributed by atoms with Crippen LogP contribution in [0, 0.1) is 0 Å². The third kappa shape index (κ3) is 14.6. The topological polar surface area (TPSA) is 279 Å². The summed E-state index contributed by atoms with van der Waals surface area (Å²) >= 11 is 0. The molecule has 20 heteroatoms. The molecule has 1 amide bonds. The summed E-state index contributed by atoms with van der Waals surface area (Å²) in [6.45, 7) is 2.23. The number of fused-ring (bicyclic) bond motifs is 1. The molecule has 0 aliphatic heterocycles. The summed E-state index contributed by atoms with van der Waals surface area (Å²) in [4.78, 5) is 33.2. The lowest BCUT2D eigenvalue weighted by molar-refractivity contribution is 0.0973. The van der Waals surface area contributed by atoms with E-state index in [1.165, 1.54) is 40.1 Å². The fraction of sp³-hybridized carbons (Fsp3) is 0.0952. The van der Waals surface area contributed by atoms with Crippen LogP contribution in [-0.4, -0.2) is 61.2 Å². The van der Waals surface area contributed by atoms with Crippen LogP contribution in [0.1, 0.15) is 45.1 Å². The van der Waals surface area contributed by atoms with Crippen LogP contribution >= 0.6 is 0 Å². The maximum absolute atomic E-state index is 11.8. The van der Waals surface area contributed by atoms with Gasteiger partial charge >= 0.3 is 5.91 Å². The lowest BCUT2D eigenvalue weighted by atomic mass is 10.0. The molecule has 83 heavy (non-hydrogen) atoms. The molecule has 1 unspecified atom stereocenters. The molecule has 12 N–H and O–H groups in total. The van der Waals surface area contributed by atoms with Crippen LogP contribution in [0.3, 0.4) is 0 Å². The molecule has 13 rings (SSSR count). The van der Waals surface area contributed by atoms with E-state index in [1.807, 2.05) is 175 Å². The first-order valence-corrected chi connectivity index (χ1v) is 26.8. The van der Waals surface area contributed by atoms with Gasteiger partial charge in [0.2, 0.25) is 29.6 Å². The lowest BCUT2D eigenvalue weighted by Crippen LogP contribution is -2.23. The van der Waals surface area contributed by atoms with Gasteiger partial charge in [0.1, 0.15) is 0 Å². The number of carbonyl (C=O) groups is 1. The van der Waals surface area contributed by atoms with E-state index in [4.69, 9.17) is 27.5 Å². The minimum atomic E-state index is -0.453. The zero-order chi connectivity index (χ0) is 57.2. The van der Waals surface area contributed by atoms with Crippen LogP contribution in [0.5, 0.6) is 0 Å². The second-order valence-electron chi connectivity index (χ2n) is 19.0. The van der Waals surface area contributed by atoms with E-state index >= 15 is 0 Å². The Labute approximate surface area is 479 Å². The third-order valence-corrected chi connectivity index (χ3v) is 13.4. The van der Waals surface area contributed by atoms with Crippen molar-refractivity contribution in [2.24, 2.45) is 0 Å². The molecule has 0 fully saturated rings. The average Bonchev–Trinajstić information content (AvgIpc) is 4.60. The minimum absolute atomic E-state index is 0.0966. The number of benzene rings is 6. The van der Waals surface area contributed by atoms with E-state index in [0.29, 0.717) is 42.5 Å². The third-order valence-electron chi connectivity index (χ3n) is 13.4. The Kier molecular flexibility index (Phi) is 17.8. The smallest absolute Gasteiger partial charge is 0.308 e. The maximum atomic E-state index is 11.8. The van der Waals surface area contributed by atoms with E-state index in [0.717, 1.165) is 57.9 Å². The predicted octanol–water partition coefficient (Wildman–Crippen LogP) is 10.1. The molecule has 1 aliphatic carbocycles. The molecule has 1 atom stereocenters. The summed E-state index contributed by atoms with van der Waals surface area (Å²) in [6.07, 6.45) is 14.7. The van der Waals surface area contributed by atoms with Gasteiger partial charge in [-0.25, -0.2) is 38.6 Å². The Hall–Kier alpha value is -11.4. The highest BCUT2D eigenvalue weighted by Gasteiger charge is 2.22. The number of nitrogens with one attached hydrogen (secondary N) is 4. The SMILES string of the molecule is Nc1nc(-c2ccccc2)cn1NC(=O)c1ccno1.Nc1nc(-c2ccccc2)cn1NCC1CCc2ccccc21.Nc1nc(-c2ccccc2)cn1NCc1ccccc1.Nc1nc(-c2ccccc2)cn1NCc1ccncc1. The standard InChI is InChI=1S/C19H20N4.C16H16N4.C15H15N5.C13H11N5O2/c20-19-22-18(15-7-2-1-3-8-15)13-23(19)21-12-16-11-10-14-6-4-5-9-17(14)16;17-16-19-15(14-9-5-2-6-10-14)12-20(16)18-11-13-7-3-1-4-8-13;16-15-19-14(13-4-2-1-3-5-13)11-20(15)18-10-12-6-8-17-9-7-12;14-13-16-10(9-4-2-1-3-5-9)8-18(13)17-12(19)11-6-7-15-20-11/h1-9,13,16,21H,10-12H2,(H2,20,22);1-10,12,18H,11H2,(H2,17,19);1-9,11,18H,10H2,(H2,16,19);1-8H,(H2,14,16)(H,17,19). The van der Waals surface area contributed by atoms with Crippen molar-refractivity contribution in [3.05, 3.63) is 266 Å². The van der Waals surface area contributed by atoms with E-state index in [2.05, 4.69) is 88.2 Å². The number of aromatic nitrogens is 10. The highest BCUT2D eigenvalue weighted by Crippen LogP contribution is 2.33. The monoisotopic (exact) mass is 1100 g/mol. The quantitative estimate of drug-likeness (QED) is 0.0474. The van der Waals surface area contributed by atoms with E-state index in [1.54, 1.807) is 27.9 Å². The number of amides is 1. The lowest BCUT2D eigenvalue weighted by Gasteiger charge is -2.14. The molecule has 12 aromatic rings. The summed E-state index contributed by atoms with van der Waals surface area (Å²) in [5.41, 5.74) is 48.7. The second kappa shape index (κ2) is 27.0. The molecule has 6 aromatic carbocycles. The van der Waals surface area contributed by atoms with E-state index in [-0.39, 0.29) is 11.7 Å². The molecule has 0 radical (unpaired) electrons. The van der Waals surface area contributed by atoms with Gasteiger partial charge in [-0.2, -0.15) is 0 Å². The van der Waals surface area contributed by atoms with Gasteiger partial charge < -0.3 is 43.7 Å². The van der Waals surface area contributed by atoms with Crippen molar-refractivity contribution in [2.75, 3.05) is 51.2 Å². The number of hydrogen-bond acceptors (Lipinski definition) is 15. The molecule has 0 saturated carbocycles. The Bertz CT molecular complexity index is 3780. The van der Waals surface area contributed by atoms with Crippen LogP contribution in [0.2, 0.25) is 0 Å². The molecule has 1 aliphatic rings. The minimum Gasteiger partial charge on any atom is -0.368 e. The molecule has 0 bridgehead atoms. The fourth-order valence-corrected chi connectivity index (χ4v) is 9.05. The first kappa shape index (κ1) is 54.9. The van der Waals surface area contributed by atoms with Gasteiger partial charge in [0.25, 0.3) is 0 Å². The van der Waals surface area contributed by atoms with Gasteiger partial charge in [0, 0.05) is 53.2 Å². The van der Waals surface area contributed by atoms with Crippen molar-refractivity contribution in [3.8, 4) is 45.0 Å². The molecule has 0 spiro atoms. The largest absolute Gasteiger partial charge is 0.368 e. The summed E-state index contributed by atoms with van der Waals surface area (Å²) in [7, 11) is 0. The predicted molar refractivity (Wildman–Crippen MR) is 327 cm³/mol. The number of hydrogen-bond donors (Lipinski definition) is 8. The molecular weight excluding hydrogens is 1040 g/mol. The van der Waals surface area contributed by atoms with Gasteiger partial charge in [-0.3, -0.25) is 15.2 Å². The number of nitrogens with zero attached hydrogens (tertiary/aromatic N) is 10. The number of rotatable bonds is 15. The van der Waals surface area contributed by atoms with Crippen molar-refractivity contribution in [1.82, 2.24) is 48.8 Å². The zero-order valence-corrected chi connectivity index (χ0v) is 45.2. The number of nitrogens with two attached hydrogens (primary N) is 4. The van der Waals surface area contributed by atoms with Gasteiger partial charge in [-0.05, 0) is 47.2 Å². The molecule has 6 heterocycles. The number of carbonyl (C=O) groups excluding carboxylic acids is 1. The maximum Gasteiger partial charge on any atom is 0.308 e. The van der Waals surface area contributed by atoms with Crippen LogP contribution in [0.4, 0.5) is 23.8 Å². The van der Waals surface area contributed by atoms with Crippen LogP contribution in [0.15, 0.2) is 242 Å². The Balaban J connectivity index is 0.000000124. The fourth-order valence-electron chi connectivity index (χ4n) is 9.05. The Morgan fingerprint density at radius 1 is 0.458 bits per heavy atom. The van der Waals surface area contributed by atoms with Gasteiger partial charge in [0.15, 0.2) is 0 Å². The van der Waals surface area contributed by atoms with Crippen LogP contribution in [0.25, 0.3) is 45.0 Å². The van der Waals surface area contributed by atoms with Gasteiger partial charge in [-0.15, -0.1) is 0 Å². The second-order valence-corrected chi connectivity index (χ2v) is 19.0. The van der Waals surface area contributed by atoms with Crippen LogP contribution < -0.4 is 44.6 Å². The Morgan fingerprint density at radius 2 is 0.855 bits per heavy atom. The number of aryl methyl sites for hydroxylation is 1. The summed E-state index contributed by atoms with van der Waals surface area (Å²) in [5.74, 6) is 1.75. The molecule has 20 nitrogen and oxygen atoms in total. The highest BCUT2D eigenvalue weighted by atomic mass is 16.5. The molecule has 6 aromatic heterocycles. The average molecular weight is 1100 g/mol. The van der Waals surface area contributed by atoms with Crippen molar-refractivity contribution < 1.29 is 9.32 Å². The molecule has 416 valence electrons. The van der Waals surface area contributed by atoms with Gasteiger partial charge in [-0.1, -0.05) is 181 Å². The number of imidazole rings is 4. The van der Waals surface area contributed by atoms with Gasteiger partial charge in [0.05, 0.1) is 66.8 Å². The number of nitrogen functional groups attached to an aromatic ring is 4. The molecular formula is C63H62N18O2. The summed E-state index contributed by atoms with van der Waals surface area (Å²) < 4.78 is 11.4. The molecule has 0 saturated heterocycles. The van der Waals surface area contributed by atoms with E-state index < -0.39 is 5.91 Å². The normalized spacial score (nSPS) is 12.0. The first-order chi connectivity index (χ1) is 40.7. The van der Waals surface area contributed by atoms with Crippen LogP contribution in [-0.2, 0) is 19.5 Å². The van der Waals surface area contributed by atoms with Crippen molar-refractivity contribution in [3.63, 3.8) is 0 Å².